The summed E-state index contributed by atoms with van der Waals surface area (Å²) in [5, 5.41) is 2.55. The van der Waals surface area contributed by atoms with Gasteiger partial charge in [-0.1, -0.05) is 57.2 Å². The zero-order chi connectivity index (χ0) is 27.5. The number of hydrogen-bond acceptors (Lipinski definition) is 5. The van der Waals surface area contributed by atoms with Gasteiger partial charge in [-0.05, 0) is 66.5 Å². The lowest BCUT2D eigenvalue weighted by molar-refractivity contribution is 0.276. The molecule has 0 aliphatic carbocycles. The van der Waals surface area contributed by atoms with Gasteiger partial charge in [0.2, 0.25) is 0 Å². The Morgan fingerprint density at radius 2 is 1.68 bits per heavy atom. The normalized spacial score (nSPS) is 13.3. The van der Waals surface area contributed by atoms with Crippen molar-refractivity contribution in [3.63, 3.8) is 0 Å². The fraction of sp³-hybridized carbons (Fsp3) is 0.452. The average molecular weight is 534 g/mol. The van der Waals surface area contributed by atoms with Crippen LogP contribution in [0.5, 0.6) is 11.5 Å². The van der Waals surface area contributed by atoms with Gasteiger partial charge in [-0.25, -0.2) is 4.98 Å². The molecule has 204 valence electrons. The molecule has 0 aliphatic heterocycles. The number of imidazole rings is 1. The minimum atomic E-state index is -1.73. The Kier molecular flexibility index (Phi) is 8.50. The highest BCUT2D eigenvalue weighted by molar-refractivity contribution is 6.74. The Morgan fingerprint density at radius 1 is 0.947 bits per heavy atom. The number of ether oxygens (including phenoxy) is 2. The fourth-order valence-corrected chi connectivity index (χ4v) is 5.71. The maximum absolute atomic E-state index is 6.84. The van der Waals surface area contributed by atoms with Crippen molar-refractivity contribution in [3.05, 3.63) is 66.0 Å². The second kappa shape index (κ2) is 11.5. The Bertz CT molecular complexity index is 1390. The number of methoxy groups -OCH3 is 2. The van der Waals surface area contributed by atoms with Gasteiger partial charge >= 0.3 is 0 Å². The zero-order valence-corrected chi connectivity index (χ0v) is 25.0. The summed E-state index contributed by atoms with van der Waals surface area (Å²) < 4.78 is 19.6. The lowest BCUT2D eigenvalue weighted by atomic mass is 10.1. The van der Waals surface area contributed by atoms with Crippen molar-refractivity contribution in [2.24, 2.45) is 5.73 Å². The molecule has 0 aliphatic rings. The van der Waals surface area contributed by atoms with Crippen molar-refractivity contribution in [3.8, 4) is 11.5 Å². The van der Waals surface area contributed by atoms with E-state index >= 15 is 0 Å². The predicted octanol–water partition coefficient (Wildman–Crippen LogP) is 7.45. The van der Waals surface area contributed by atoms with Crippen molar-refractivity contribution < 1.29 is 13.9 Å². The van der Waals surface area contributed by atoms with Crippen LogP contribution >= 0.6 is 0 Å². The number of fused-ring (bicyclic) bond motifs is 3. The van der Waals surface area contributed by atoms with Gasteiger partial charge < -0.3 is 24.2 Å². The summed E-state index contributed by atoms with van der Waals surface area (Å²) in [7, 11) is 1.59. The van der Waals surface area contributed by atoms with Gasteiger partial charge in [0.15, 0.2) is 19.8 Å². The molecule has 0 fully saturated rings. The van der Waals surface area contributed by atoms with E-state index in [-0.39, 0.29) is 11.1 Å². The molecule has 0 saturated carbocycles. The minimum absolute atomic E-state index is 0.172. The largest absolute Gasteiger partial charge is 0.493 e. The first-order chi connectivity index (χ1) is 18.1. The maximum Gasteiger partial charge on any atom is 0.191 e. The molecular weight excluding hydrogens is 490 g/mol. The third kappa shape index (κ3) is 5.90. The molecule has 0 amide bonds. The average Bonchev–Trinajstić information content (AvgIpc) is 3.26. The molecule has 38 heavy (non-hydrogen) atoms. The SMILES string of the molecule is COc1ccc(Cn2c([C@@H](N)CCCCO[Si](C)(C)C(C)(C)C)nc3c4ccccc4ccc32)cc1OC. The summed E-state index contributed by atoms with van der Waals surface area (Å²) in [5.74, 6) is 2.35. The third-order valence-electron chi connectivity index (χ3n) is 7.97. The number of nitrogens with zero attached hydrogens (tertiary/aromatic N) is 2. The van der Waals surface area contributed by atoms with E-state index in [1.165, 1.54) is 5.39 Å². The third-order valence-corrected chi connectivity index (χ3v) is 12.5. The molecule has 1 atom stereocenters. The Hall–Kier alpha value is -2.87. The van der Waals surface area contributed by atoms with E-state index in [4.69, 9.17) is 24.6 Å². The molecule has 0 spiro atoms. The van der Waals surface area contributed by atoms with Gasteiger partial charge in [0.25, 0.3) is 0 Å². The molecule has 6 nitrogen and oxygen atoms in total. The van der Waals surface area contributed by atoms with E-state index in [1.807, 2.05) is 12.1 Å². The van der Waals surface area contributed by atoms with Crippen molar-refractivity contribution in [2.45, 2.75) is 70.8 Å². The summed E-state index contributed by atoms with van der Waals surface area (Å²) in [6.07, 6.45) is 2.85. The number of aromatic nitrogens is 2. The first-order valence-corrected chi connectivity index (χ1v) is 16.4. The van der Waals surface area contributed by atoms with E-state index in [1.54, 1.807) is 14.2 Å². The van der Waals surface area contributed by atoms with Crippen LogP contribution in [0.4, 0.5) is 0 Å². The van der Waals surface area contributed by atoms with Crippen molar-refractivity contribution in [2.75, 3.05) is 20.8 Å². The van der Waals surface area contributed by atoms with Gasteiger partial charge in [0.1, 0.15) is 5.82 Å². The summed E-state index contributed by atoms with van der Waals surface area (Å²) in [4.78, 5) is 5.14. The van der Waals surface area contributed by atoms with Crippen LogP contribution in [0.15, 0.2) is 54.6 Å². The smallest absolute Gasteiger partial charge is 0.191 e. The zero-order valence-electron chi connectivity index (χ0n) is 24.0. The molecular formula is C31H43N3O3Si. The highest BCUT2D eigenvalue weighted by Crippen LogP contribution is 2.37. The standard InChI is InChI=1S/C31H43N3O3Si/c1-31(2,3)38(6,7)37-19-11-10-14-25(32)30-33-29-24-13-9-8-12-23(24)16-17-26(29)34(30)21-22-15-18-27(35-4)28(20-22)36-5/h8-9,12-13,15-18,20,25H,10-11,14,19,21,32H2,1-7H3/t25-/m0/s1. The lowest BCUT2D eigenvalue weighted by Crippen LogP contribution is -2.40. The van der Waals surface area contributed by atoms with Crippen LogP contribution < -0.4 is 15.2 Å². The van der Waals surface area contributed by atoms with Gasteiger partial charge in [0.05, 0.1) is 31.3 Å². The van der Waals surface area contributed by atoms with E-state index in [0.717, 1.165) is 59.4 Å². The molecule has 7 heteroatoms. The van der Waals surface area contributed by atoms with Crippen LogP contribution in [0.25, 0.3) is 21.8 Å². The van der Waals surface area contributed by atoms with Gasteiger partial charge in [-0.3, -0.25) is 0 Å². The number of hydrogen-bond donors (Lipinski definition) is 1. The van der Waals surface area contributed by atoms with Crippen LogP contribution in [-0.2, 0) is 11.0 Å². The van der Waals surface area contributed by atoms with Crippen LogP contribution in [0.2, 0.25) is 18.1 Å². The molecule has 3 aromatic carbocycles. The Labute approximate surface area is 228 Å². The van der Waals surface area contributed by atoms with Gasteiger partial charge in [-0.15, -0.1) is 0 Å². The minimum Gasteiger partial charge on any atom is -0.493 e. The fourth-order valence-electron chi connectivity index (χ4n) is 4.63. The topological polar surface area (TPSA) is 71.5 Å². The molecule has 4 aromatic rings. The van der Waals surface area contributed by atoms with E-state index < -0.39 is 8.32 Å². The predicted molar refractivity (Wildman–Crippen MR) is 160 cm³/mol. The number of benzene rings is 3. The molecule has 0 radical (unpaired) electrons. The monoisotopic (exact) mass is 533 g/mol. The second-order valence-corrected chi connectivity index (χ2v) is 16.4. The van der Waals surface area contributed by atoms with Crippen LogP contribution in [0.1, 0.15) is 57.5 Å². The van der Waals surface area contributed by atoms with Gasteiger partial charge in [0, 0.05) is 18.5 Å². The van der Waals surface area contributed by atoms with Crippen LogP contribution in [-0.4, -0.2) is 38.7 Å². The van der Waals surface area contributed by atoms with E-state index in [2.05, 4.69) is 80.9 Å². The molecule has 4 rings (SSSR count). The van der Waals surface area contributed by atoms with E-state index in [9.17, 15) is 0 Å². The number of unbranched alkanes of at least 4 members (excludes halogenated alkanes) is 1. The summed E-state index contributed by atoms with van der Waals surface area (Å²) in [6, 6.07) is 18.6. The van der Waals surface area contributed by atoms with Crippen LogP contribution in [0.3, 0.4) is 0 Å². The summed E-state index contributed by atoms with van der Waals surface area (Å²) in [6.45, 7) is 12.9. The first-order valence-electron chi connectivity index (χ1n) is 13.5. The molecule has 2 N–H and O–H groups in total. The summed E-state index contributed by atoms with van der Waals surface area (Å²) >= 11 is 0. The molecule has 0 saturated heterocycles. The van der Waals surface area contributed by atoms with Crippen molar-refractivity contribution >= 4 is 30.1 Å². The Morgan fingerprint density at radius 3 is 2.39 bits per heavy atom. The quantitative estimate of drug-likeness (QED) is 0.160. The molecule has 0 unspecified atom stereocenters. The molecule has 1 heterocycles. The molecule has 0 bridgehead atoms. The van der Waals surface area contributed by atoms with E-state index in [0.29, 0.717) is 12.3 Å². The van der Waals surface area contributed by atoms with Gasteiger partial charge in [-0.2, -0.15) is 0 Å². The highest BCUT2D eigenvalue weighted by atomic mass is 28.4. The maximum atomic E-state index is 6.84. The summed E-state index contributed by atoms with van der Waals surface area (Å²) in [5.41, 5.74) is 10.0. The molecule has 1 aromatic heterocycles. The van der Waals surface area contributed by atoms with Crippen molar-refractivity contribution in [1.29, 1.82) is 0 Å². The first kappa shape index (κ1) is 28.1. The Balaban J connectivity index is 1.59. The second-order valence-electron chi connectivity index (χ2n) is 11.6. The number of nitrogens with two attached hydrogens (primary N) is 1. The van der Waals surface area contributed by atoms with Crippen LogP contribution in [0, 0.1) is 0 Å². The highest BCUT2D eigenvalue weighted by Gasteiger charge is 2.36. The lowest BCUT2D eigenvalue weighted by Gasteiger charge is -2.36. The number of rotatable bonds is 11. The van der Waals surface area contributed by atoms with Crippen molar-refractivity contribution in [1.82, 2.24) is 9.55 Å².